The topological polar surface area (TPSA) is 59.9 Å². The normalized spacial score (nSPS) is 17.9. The molecule has 1 amide bonds. The van der Waals surface area contributed by atoms with Gasteiger partial charge in [0.05, 0.1) is 12.3 Å². The highest BCUT2D eigenvalue weighted by atomic mass is 79.9. The summed E-state index contributed by atoms with van der Waals surface area (Å²) in [6, 6.07) is 7.89. The summed E-state index contributed by atoms with van der Waals surface area (Å²) in [5.41, 5.74) is 1.41. The number of ether oxygens (including phenoxy) is 1. The number of benzene rings is 1. The van der Waals surface area contributed by atoms with Gasteiger partial charge in [0.25, 0.3) is 0 Å². The summed E-state index contributed by atoms with van der Waals surface area (Å²) in [4.78, 5) is 16.9. The number of halogens is 1. The van der Waals surface area contributed by atoms with Gasteiger partial charge in [-0.2, -0.15) is 0 Å². The first-order valence-electron chi connectivity index (χ1n) is 6.79. The zero-order valence-electron chi connectivity index (χ0n) is 12.4. The van der Waals surface area contributed by atoms with Gasteiger partial charge < -0.3 is 14.9 Å². The maximum absolute atomic E-state index is 11.6. The Morgan fingerprint density at radius 1 is 1.43 bits per heavy atom. The third-order valence-corrected chi connectivity index (χ3v) is 3.31. The molecule has 1 aromatic carbocycles. The van der Waals surface area contributed by atoms with Crippen LogP contribution in [0.2, 0.25) is 0 Å². The van der Waals surface area contributed by atoms with E-state index >= 15 is 0 Å². The van der Waals surface area contributed by atoms with Crippen LogP contribution in [0, 0.1) is 0 Å². The molecule has 0 aliphatic carbocycles. The largest absolute Gasteiger partial charge is 0.444 e. The van der Waals surface area contributed by atoms with Gasteiger partial charge in [0.1, 0.15) is 5.60 Å². The Morgan fingerprint density at radius 3 is 2.71 bits per heavy atom. The maximum atomic E-state index is 11.6. The van der Waals surface area contributed by atoms with Crippen LogP contribution in [0.5, 0.6) is 0 Å². The molecule has 114 valence electrons. The molecule has 0 spiro atoms. The molecule has 1 unspecified atom stereocenters. The molecule has 2 rings (SSSR count). The summed E-state index contributed by atoms with van der Waals surface area (Å²) < 4.78 is 6.20. The summed E-state index contributed by atoms with van der Waals surface area (Å²) in [5.74, 6) is 0. The Balaban J connectivity index is 1.80. The van der Waals surface area contributed by atoms with Gasteiger partial charge >= 0.3 is 6.09 Å². The van der Waals surface area contributed by atoms with Crippen molar-refractivity contribution in [2.24, 2.45) is 5.16 Å². The lowest BCUT2D eigenvalue weighted by molar-refractivity contribution is 0.0439. The van der Waals surface area contributed by atoms with Crippen LogP contribution in [-0.4, -0.2) is 30.1 Å². The Labute approximate surface area is 132 Å². The van der Waals surface area contributed by atoms with E-state index in [2.05, 4.69) is 26.4 Å². The standard InChI is InChI=1S/C15H19BrN2O3/c1-15(2,3)20-14(19)17-9-12-8-13(18-21-12)10-4-6-11(16)7-5-10/h4-7,12H,8-9H2,1-3H3,(H,17,19). The van der Waals surface area contributed by atoms with E-state index in [0.717, 1.165) is 15.7 Å². The number of oxime groups is 1. The van der Waals surface area contributed by atoms with E-state index in [9.17, 15) is 4.79 Å². The van der Waals surface area contributed by atoms with Gasteiger partial charge in [-0.1, -0.05) is 33.2 Å². The first-order valence-corrected chi connectivity index (χ1v) is 7.58. The molecule has 5 nitrogen and oxygen atoms in total. The molecule has 0 saturated carbocycles. The highest BCUT2D eigenvalue weighted by Crippen LogP contribution is 2.18. The van der Waals surface area contributed by atoms with Crippen molar-refractivity contribution in [3.05, 3.63) is 34.3 Å². The second kappa shape index (κ2) is 6.47. The number of nitrogens with one attached hydrogen (secondary N) is 1. The van der Waals surface area contributed by atoms with Crippen LogP contribution in [0.25, 0.3) is 0 Å². The molecule has 0 saturated heterocycles. The van der Waals surface area contributed by atoms with Gasteiger partial charge in [-0.25, -0.2) is 4.79 Å². The zero-order valence-corrected chi connectivity index (χ0v) is 13.9. The SMILES string of the molecule is CC(C)(C)OC(=O)NCC1CC(c2ccc(Br)cc2)=NO1. The number of hydrogen-bond donors (Lipinski definition) is 1. The fourth-order valence-corrected chi connectivity index (χ4v) is 2.13. The zero-order chi connectivity index (χ0) is 15.5. The monoisotopic (exact) mass is 354 g/mol. The minimum atomic E-state index is -0.500. The second-order valence-corrected chi connectivity index (χ2v) is 6.77. The second-order valence-electron chi connectivity index (χ2n) is 5.86. The molecule has 0 bridgehead atoms. The fourth-order valence-electron chi connectivity index (χ4n) is 1.86. The maximum Gasteiger partial charge on any atom is 0.407 e. The van der Waals surface area contributed by atoms with E-state index in [-0.39, 0.29) is 6.10 Å². The molecule has 1 aliphatic heterocycles. The number of rotatable bonds is 3. The Morgan fingerprint density at radius 2 is 2.10 bits per heavy atom. The van der Waals surface area contributed by atoms with Gasteiger partial charge in [-0.15, -0.1) is 0 Å². The molecule has 0 radical (unpaired) electrons. The number of carbonyl (C=O) groups excluding carboxylic acids is 1. The van der Waals surface area contributed by atoms with Gasteiger partial charge in [-0.05, 0) is 38.5 Å². The van der Waals surface area contributed by atoms with Crippen molar-refractivity contribution in [1.29, 1.82) is 0 Å². The number of nitrogens with zero attached hydrogens (tertiary/aromatic N) is 1. The third-order valence-electron chi connectivity index (χ3n) is 2.78. The van der Waals surface area contributed by atoms with Crippen molar-refractivity contribution in [2.75, 3.05) is 6.54 Å². The summed E-state index contributed by atoms with van der Waals surface area (Å²) in [6.45, 7) is 5.85. The van der Waals surface area contributed by atoms with Crippen LogP contribution in [0.4, 0.5) is 4.79 Å². The van der Waals surface area contributed by atoms with Crippen LogP contribution in [0.15, 0.2) is 33.9 Å². The van der Waals surface area contributed by atoms with Crippen LogP contribution in [0.1, 0.15) is 32.8 Å². The average Bonchev–Trinajstić information content (AvgIpc) is 2.84. The van der Waals surface area contributed by atoms with Crippen molar-refractivity contribution in [3.63, 3.8) is 0 Å². The van der Waals surface area contributed by atoms with Crippen LogP contribution in [0.3, 0.4) is 0 Å². The molecule has 1 N–H and O–H groups in total. The van der Waals surface area contributed by atoms with Gasteiger partial charge in [0, 0.05) is 10.9 Å². The molecule has 0 aromatic heterocycles. The minimum Gasteiger partial charge on any atom is -0.444 e. The summed E-state index contributed by atoms with van der Waals surface area (Å²) in [7, 11) is 0. The first-order chi connectivity index (χ1) is 9.83. The minimum absolute atomic E-state index is 0.156. The van der Waals surface area contributed by atoms with E-state index in [4.69, 9.17) is 9.57 Å². The van der Waals surface area contributed by atoms with Crippen molar-refractivity contribution < 1.29 is 14.4 Å². The van der Waals surface area contributed by atoms with E-state index < -0.39 is 11.7 Å². The predicted octanol–water partition coefficient (Wildman–Crippen LogP) is 3.47. The van der Waals surface area contributed by atoms with Gasteiger partial charge in [-0.3, -0.25) is 0 Å². The Bertz CT molecular complexity index is 535. The fraction of sp³-hybridized carbons (Fsp3) is 0.467. The number of hydrogen-bond acceptors (Lipinski definition) is 4. The van der Waals surface area contributed by atoms with E-state index in [1.54, 1.807) is 0 Å². The lowest BCUT2D eigenvalue weighted by Crippen LogP contribution is -2.37. The van der Waals surface area contributed by atoms with Crippen LogP contribution < -0.4 is 5.32 Å². The molecule has 1 aromatic rings. The van der Waals surface area contributed by atoms with E-state index in [1.807, 2.05) is 45.0 Å². The van der Waals surface area contributed by atoms with Crippen molar-refractivity contribution in [3.8, 4) is 0 Å². The third kappa shape index (κ3) is 5.04. The quantitative estimate of drug-likeness (QED) is 0.903. The molecule has 0 fully saturated rings. The molecule has 1 atom stereocenters. The molecular formula is C15H19BrN2O3. The van der Waals surface area contributed by atoms with Gasteiger partial charge in [0.2, 0.25) is 0 Å². The summed E-state index contributed by atoms with van der Waals surface area (Å²) in [6.07, 6.45) is 0.0663. The number of carbonyl (C=O) groups is 1. The highest BCUT2D eigenvalue weighted by molar-refractivity contribution is 9.10. The Hall–Kier alpha value is -1.56. The highest BCUT2D eigenvalue weighted by Gasteiger charge is 2.24. The van der Waals surface area contributed by atoms with Crippen LogP contribution in [-0.2, 0) is 9.57 Å². The molecule has 6 heteroatoms. The van der Waals surface area contributed by atoms with E-state index in [0.29, 0.717) is 13.0 Å². The lowest BCUT2D eigenvalue weighted by Gasteiger charge is -2.20. The predicted molar refractivity (Wildman–Crippen MR) is 84.4 cm³/mol. The molecule has 21 heavy (non-hydrogen) atoms. The smallest absolute Gasteiger partial charge is 0.407 e. The van der Waals surface area contributed by atoms with Crippen molar-refractivity contribution in [1.82, 2.24) is 5.32 Å². The molecule has 1 heterocycles. The molecular weight excluding hydrogens is 336 g/mol. The number of amides is 1. The number of alkyl carbamates (subject to hydrolysis) is 1. The summed E-state index contributed by atoms with van der Waals surface area (Å²) >= 11 is 3.40. The lowest BCUT2D eigenvalue weighted by atomic mass is 10.1. The van der Waals surface area contributed by atoms with Gasteiger partial charge in [0.15, 0.2) is 6.10 Å². The van der Waals surface area contributed by atoms with E-state index in [1.165, 1.54) is 0 Å². The molecule has 1 aliphatic rings. The van der Waals surface area contributed by atoms with Crippen molar-refractivity contribution >= 4 is 27.7 Å². The average molecular weight is 355 g/mol. The van der Waals surface area contributed by atoms with Crippen LogP contribution >= 0.6 is 15.9 Å². The first kappa shape index (κ1) is 15.8. The van der Waals surface area contributed by atoms with Crippen molar-refractivity contribution in [2.45, 2.75) is 38.9 Å². The summed E-state index contributed by atoms with van der Waals surface area (Å²) in [5, 5.41) is 6.77. The Kier molecular flexibility index (Phi) is 4.88.